The van der Waals surface area contributed by atoms with Crippen molar-refractivity contribution in [1.82, 2.24) is 0 Å². The Hall–Kier alpha value is -10.0. The van der Waals surface area contributed by atoms with Crippen LogP contribution in [0.5, 0.6) is 0 Å². The molecule has 18 rings (SSSR count). The van der Waals surface area contributed by atoms with Crippen molar-refractivity contribution in [3.63, 3.8) is 0 Å². The van der Waals surface area contributed by atoms with Crippen molar-refractivity contribution in [2.75, 3.05) is 9.80 Å². The van der Waals surface area contributed by atoms with Crippen LogP contribution >= 0.6 is 0 Å². The highest BCUT2D eigenvalue weighted by molar-refractivity contribution is 5.95. The normalized spacial score (nSPS) is 16.2. The zero-order valence-corrected chi connectivity index (χ0v) is 64.6. The van der Waals surface area contributed by atoms with Crippen LogP contribution in [0.4, 0.5) is 34.1 Å². The zero-order valence-electron chi connectivity index (χ0n) is 64.6. The first-order chi connectivity index (χ1) is 51.8. The average Bonchev–Trinajstić information content (AvgIpc) is 1.59. The Kier molecular flexibility index (Phi) is 16.2. The third-order valence-corrected chi connectivity index (χ3v) is 29.0. The number of hydrogen-bond donors (Lipinski definition) is 0. The quantitative estimate of drug-likeness (QED) is 0.0702. The van der Waals surface area contributed by atoms with Crippen LogP contribution in [0, 0.1) is 0 Å². The summed E-state index contributed by atoms with van der Waals surface area (Å²) in [6.45, 7) is 28.9. The maximum atomic E-state index is 2.62. The third-order valence-electron chi connectivity index (χ3n) is 29.0. The van der Waals surface area contributed by atoms with Gasteiger partial charge in [-0.2, -0.15) is 0 Å². The van der Waals surface area contributed by atoms with E-state index in [4.69, 9.17) is 0 Å². The topological polar surface area (TPSA) is 6.48 Å². The molecule has 6 aliphatic rings. The van der Waals surface area contributed by atoms with Crippen LogP contribution in [0.2, 0.25) is 0 Å². The van der Waals surface area contributed by atoms with Gasteiger partial charge in [-0.1, -0.05) is 265 Å². The number of fused-ring (bicyclic) bond motifs is 18. The fourth-order valence-corrected chi connectivity index (χ4v) is 23.0. The number of anilines is 6. The molecular formula is C104H102N2. The first kappa shape index (κ1) is 67.8. The van der Waals surface area contributed by atoms with Gasteiger partial charge < -0.3 is 9.80 Å². The van der Waals surface area contributed by atoms with Gasteiger partial charge in [-0.3, -0.25) is 0 Å². The maximum absolute atomic E-state index is 2.62. The molecule has 0 unspecified atom stereocenters. The van der Waals surface area contributed by atoms with E-state index in [2.05, 4.69) is 348 Å². The molecule has 0 fully saturated rings. The minimum atomic E-state index is -0.172. The third kappa shape index (κ3) is 9.09. The molecule has 0 heterocycles. The van der Waals surface area contributed by atoms with Crippen molar-refractivity contribution in [1.29, 1.82) is 0 Å². The van der Waals surface area contributed by atoms with Crippen LogP contribution in [0.3, 0.4) is 0 Å². The highest BCUT2D eigenvalue weighted by atomic mass is 15.1. The molecule has 2 nitrogen and oxygen atoms in total. The Labute approximate surface area is 632 Å². The Bertz CT molecular complexity index is 5000. The lowest BCUT2D eigenvalue weighted by atomic mass is 9.73. The summed E-state index contributed by atoms with van der Waals surface area (Å²) >= 11 is 0. The molecule has 0 radical (unpaired) electrons. The Morgan fingerprint density at radius 2 is 0.340 bits per heavy atom. The average molecular weight is 1380 g/mol. The SMILES string of the molecule is CCC1(CC)c2ccccc2-c2ccc(N(c3ccc4c(c3)C(CC)(CC)c3ccccc3-4)c3ccc4c(c3)C(CC)(CC)c3cc(/C=C/c5ccc6c(c5)C(CC)(CC)c5cc(N(c7ccc8c(c7)C(CC)(CC)c7ccccc7-8)c7ccc8c(c7)C(CC)(CC)c7ccccc7-8)ccc5-6)ccc3-4)cc21. The van der Waals surface area contributed by atoms with Crippen molar-refractivity contribution in [2.45, 2.75) is 193 Å². The Balaban J connectivity index is 0.706. The predicted octanol–water partition coefficient (Wildman–Crippen LogP) is 29.3. The molecular weight excluding hydrogens is 1280 g/mol. The molecule has 0 amide bonds. The second-order valence-corrected chi connectivity index (χ2v) is 31.9. The second-order valence-electron chi connectivity index (χ2n) is 31.9. The standard InChI is InChI=1S/C104H102N2/c1-13-99(14-2)87-37-29-25-33-75(87)81-53-45-69(61-93(81)99)105(70-46-54-82-76-34-26-30-38-88(76)100(15-3,16-4)94(82)62-70)73-49-57-85-79-51-43-67(59-91(79)103(21-9,22-10)97(85)65-73)41-42-68-44-52-80-86-58-50-74(66-98(86)104(23-11,24-12)92(80)60-68)106(71-47-55-83-77-35-27-31-39-89(77)101(17-5,18-6)95(83)63-71)72-48-56-84-78-36-28-32-40-90(78)102(19-7,20-8)96(84)64-72/h25-66H,13-24H2,1-12H3/b42-41+. The fourth-order valence-electron chi connectivity index (χ4n) is 23.0. The van der Waals surface area contributed by atoms with Crippen LogP contribution in [-0.2, 0) is 32.5 Å². The van der Waals surface area contributed by atoms with E-state index in [9.17, 15) is 0 Å². The van der Waals surface area contributed by atoms with Gasteiger partial charge in [-0.25, -0.2) is 0 Å². The predicted molar refractivity (Wildman–Crippen MR) is 452 cm³/mol. The molecule has 0 N–H and O–H groups in total. The number of nitrogens with zero attached hydrogens (tertiary/aromatic N) is 2. The van der Waals surface area contributed by atoms with Gasteiger partial charge in [-0.15, -0.1) is 0 Å². The van der Waals surface area contributed by atoms with Gasteiger partial charge in [0.25, 0.3) is 0 Å². The smallest absolute Gasteiger partial charge is 0.0465 e. The van der Waals surface area contributed by atoms with E-state index in [1.165, 1.54) is 179 Å². The maximum Gasteiger partial charge on any atom is 0.0465 e. The van der Waals surface area contributed by atoms with Crippen molar-refractivity contribution in [3.05, 3.63) is 321 Å². The molecule has 0 atom stereocenters. The van der Waals surface area contributed by atoms with Crippen molar-refractivity contribution in [3.8, 4) is 66.8 Å². The van der Waals surface area contributed by atoms with Crippen molar-refractivity contribution >= 4 is 46.3 Å². The van der Waals surface area contributed by atoms with Gasteiger partial charge in [0.15, 0.2) is 0 Å². The van der Waals surface area contributed by atoms with E-state index in [0.717, 1.165) is 77.0 Å². The van der Waals surface area contributed by atoms with Gasteiger partial charge in [0.05, 0.1) is 0 Å². The van der Waals surface area contributed by atoms with Gasteiger partial charge >= 0.3 is 0 Å². The summed E-state index contributed by atoms with van der Waals surface area (Å²) in [7, 11) is 0. The number of rotatable bonds is 20. The molecule has 2 heteroatoms. The molecule has 12 aromatic carbocycles. The van der Waals surface area contributed by atoms with E-state index in [1.54, 1.807) is 0 Å². The number of hydrogen-bond acceptors (Lipinski definition) is 2. The summed E-state index contributed by atoms with van der Waals surface area (Å²) < 4.78 is 0. The minimum Gasteiger partial charge on any atom is -0.310 e. The second kappa shape index (κ2) is 25.3. The van der Waals surface area contributed by atoms with Gasteiger partial charge in [0.1, 0.15) is 0 Å². The minimum absolute atomic E-state index is 0.0551. The highest BCUT2D eigenvalue weighted by Gasteiger charge is 2.48. The van der Waals surface area contributed by atoms with Crippen molar-refractivity contribution in [2.24, 2.45) is 0 Å². The molecule has 0 saturated heterocycles. The first-order valence-electron chi connectivity index (χ1n) is 40.7. The molecule has 0 aromatic heterocycles. The van der Waals surface area contributed by atoms with E-state index in [1.807, 2.05) is 0 Å². The molecule has 0 aliphatic heterocycles. The molecule has 6 aliphatic carbocycles. The summed E-state index contributed by atoms with van der Waals surface area (Å²) in [5.74, 6) is 0. The summed E-state index contributed by atoms with van der Waals surface area (Å²) in [6.07, 6.45) is 17.2. The largest absolute Gasteiger partial charge is 0.310 e. The van der Waals surface area contributed by atoms with Crippen LogP contribution in [-0.4, -0.2) is 0 Å². The molecule has 0 spiro atoms. The van der Waals surface area contributed by atoms with E-state index in [-0.39, 0.29) is 32.5 Å². The van der Waals surface area contributed by atoms with E-state index in [0.29, 0.717) is 0 Å². The zero-order chi connectivity index (χ0) is 72.8. The lowest BCUT2D eigenvalue weighted by Crippen LogP contribution is -2.25. The van der Waals surface area contributed by atoms with E-state index >= 15 is 0 Å². The molecule has 12 aromatic rings. The van der Waals surface area contributed by atoms with Crippen LogP contribution in [0.1, 0.15) is 238 Å². The monoisotopic (exact) mass is 1380 g/mol. The number of benzene rings is 12. The summed E-state index contributed by atoms with van der Waals surface area (Å²) in [5, 5.41) is 0. The van der Waals surface area contributed by atoms with Crippen LogP contribution < -0.4 is 9.80 Å². The Morgan fingerprint density at radius 3 is 0.538 bits per heavy atom. The van der Waals surface area contributed by atoms with Gasteiger partial charge in [-0.05, 0) is 294 Å². The van der Waals surface area contributed by atoms with Gasteiger partial charge in [0, 0.05) is 66.6 Å². The summed E-state index contributed by atoms with van der Waals surface area (Å²) in [6, 6.07) is 96.4. The van der Waals surface area contributed by atoms with E-state index < -0.39 is 0 Å². The van der Waals surface area contributed by atoms with Crippen LogP contribution in [0.15, 0.2) is 243 Å². The lowest BCUT2D eigenvalue weighted by Gasteiger charge is -2.34. The fraction of sp³-hybridized carbons (Fsp3) is 0.288. The Morgan fingerprint density at radius 1 is 0.179 bits per heavy atom. The molecule has 528 valence electrons. The molecule has 0 bridgehead atoms. The van der Waals surface area contributed by atoms with Crippen LogP contribution in [0.25, 0.3) is 78.9 Å². The highest BCUT2D eigenvalue weighted by Crippen LogP contribution is 2.62. The summed E-state index contributed by atoms with van der Waals surface area (Å²) in [5.41, 5.74) is 43.2. The first-order valence-corrected chi connectivity index (χ1v) is 40.7. The lowest BCUT2D eigenvalue weighted by molar-refractivity contribution is 0.490. The van der Waals surface area contributed by atoms with Gasteiger partial charge in [0.2, 0.25) is 0 Å². The van der Waals surface area contributed by atoms with Crippen molar-refractivity contribution < 1.29 is 0 Å². The summed E-state index contributed by atoms with van der Waals surface area (Å²) in [4.78, 5) is 5.24. The molecule has 106 heavy (non-hydrogen) atoms. The molecule has 0 saturated carbocycles.